The van der Waals surface area contributed by atoms with E-state index in [0.717, 1.165) is 32.5 Å². The molecule has 0 atom stereocenters. The molecule has 1 heterocycles. The molecule has 0 saturated carbocycles. The second kappa shape index (κ2) is 27.7. The van der Waals surface area contributed by atoms with E-state index in [1.165, 1.54) is 64.5 Å². The first-order valence-corrected chi connectivity index (χ1v) is 16.5. The van der Waals surface area contributed by atoms with E-state index >= 15 is 0 Å². The third-order valence-electron chi connectivity index (χ3n) is 6.80. The number of nitrogen functional groups attached to an aromatic ring is 1. The number of amides is 1. The lowest BCUT2D eigenvalue weighted by Crippen LogP contribution is -2.34. The number of esters is 1. The van der Waals surface area contributed by atoms with Crippen molar-refractivity contribution in [2.75, 3.05) is 52.2 Å². The lowest BCUT2D eigenvalue weighted by atomic mass is 10.1. The van der Waals surface area contributed by atoms with Crippen molar-refractivity contribution in [3.8, 4) is 5.75 Å². The van der Waals surface area contributed by atoms with Crippen molar-refractivity contribution in [1.82, 2.24) is 15.2 Å². The van der Waals surface area contributed by atoms with Crippen LogP contribution in [0.2, 0.25) is 5.02 Å². The molecule has 0 aliphatic heterocycles. The van der Waals surface area contributed by atoms with E-state index in [4.69, 9.17) is 31.9 Å². The number of nitrogens with zero attached hydrogens (tertiary/aromatic N) is 2. The van der Waals surface area contributed by atoms with Crippen LogP contribution in [0.1, 0.15) is 113 Å². The van der Waals surface area contributed by atoms with Gasteiger partial charge >= 0.3 is 5.97 Å². The molecular weight excluding hydrogens is 580 g/mol. The van der Waals surface area contributed by atoms with Crippen LogP contribution in [0, 0.1) is 0 Å². The Morgan fingerprint density at radius 2 is 1.57 bits per heavy atom. The van der Waals surface area contributed by atoms with Crippen molar-refractivity contribution in [3.05, 3.63) is 52.8 Å². The summed E-state index contributed by atoms with van der Waals surface area (Å²) in [6.45, 7) is 12.2. The van der Waals surface area contributed by atoms with Gasteiger partial charge in [-0.05, 0) is 44.6 Å². The van der Waals surface area contributed by atoms with Crippen molar-refractivity contribution in [2.24, 2.45) is 0 Å². The summed E-state index contributed by atoms with van der Waals surface area (Å²) in [6, 6.07) is 6.56. The number of benzene rings is 1. The summed E-state index contributed by atoms with van der Waals surface area (Å²) in [4.78, 5) is 29.9. The Hall–Kier alpha value is -2.88. The summed E-state index contributed by atoms with van der Waals surface area (Å²) < 4.78 is 10.4. The average molecular weight is 637 g/mol. The number of rotatable bonds is 19. The Kier molecular flexibility index (Phi) is 25.8. The van der Waals surface area contributed by atoms with Crippen LogP contribution in [0.15, 0.2) is 36.7 Å². The molecule has 1 amide bonds. The zero-order valence-electron chi connectivity index (χ0n) is 27.7. The van der Waals surface area contributed by atoms with E-state index in [1.54, 1.807) is 37.5 Å². The van der Waals surface area contributed by atoms with E-state index in [2.05, 4.69) is 36.0 Å². The Morgan fingerprint density at radius 3 is 2.09 bits per heavy atom. The lowest BCUT2D eigenvalue weighted by molar-refractivity contribution is 0.0497. The highest BCUT2D eigenvalue weighted by molar-refractivity contribution is 6.33. The van der Waals surface area contributed by atoms with Crippen LogP contribution in [0.25, 0.3) is 0 Å². The molecule has 0 spiro atoms. The normalized spacial score (nSPS) is 10.3. The number of likely N-dealkylation sites (N-methyl/N-ethyl adjacent to an activating group) is 1. The Balaban J connectivity index is 0.000000772. The van der Waals surface area contributed by atoms with E-state index in [0.29, 0.717) is 40.7 Å². The fourth-order valence-electron chi connectivity index (χ4n) is 4.20. The lowest BCUT2D eigenvalue weighted by Gasteiger charge is -2.18. The topological polar surface area (TPSA) is 127 Å². The van der Waals surface area contributed by atoms with Crippen molar-refractivity contribution < 1.29 is 24.2 Å². The maximum absolute atomic E-state index is 12.1. The minimum atomic E-state index is -0.265. The van der Waals surface area contributed by atoms with Crippen LogP contribution >= 0.6 is 11.6 Å². The van der Waals surface area contributed by atoms with Crippen molar-refractivity contribution in [1.29, 1.82) is 0 Å². The van der Waals surface area contributed by atoms with E-state index in [1.807, 2.05) is 0 Å². The van der Waals surface area contributed by atoms with Gasteiger partial charge in [0.05, 0.1) is 35.6 Å². The van der Waals surface area contributed by atoms with Gasteiger partial charge < -0.3 is 30.5 Å². The van der Waals surface area contributed by atoms with Gasteiger partial charge in [-0.25, -0.2) is 4.79 Å². The summed E-state index contributed by atoms with van der Waals surface area (Å²) in [5.74, 6) is -0.0535. The molecule has 2 aromatic rings. The van der Waals surface area contributed by atoms with Gasteiger partial charge in [0.15, 0.2) is 0 Å². The zero-order chi connectivity index (χ0) is 33.0. The SMILES string of the molecule is CCCCCCCCCCCCOC(=O)c1cccnc1.CCN(CC)CCNC(=O)c1cc(Cl)c(N)cc1OC.CCO. The van der Waals surface area contributed by atoms with Crippen LogP contribution in [0.4, 0.5) is 5.69 Å². The number of halogens is 1. The molecule has 0 radical (unpaired) electrons. The van der Waals surface area contributed by atoms with E-state index < -0.39 is 0 Å². The van der Waals surface area contributed by atoms with Crippen LogP contribution in [-0.2, 0) is 4.74 Å². The molecule has 0 bridgehead atoms. The first kappa shape index (κ1) is 41.1. The molecule has 0 fully saturated rings. The maximum Gasteiger partial charge on any atom is 0.339 e. The Labute approximate surface area is 270 Å². The number of ether oxygens (including phenoxy) is 2. The second-order valence-corrected chi connectivity index (χ2v) is 10.6. The number of hydrogen-bond acceptors (Lipinski definition) is 8. The molecule has 9 nitrogen and oxygen atoms in total. The minimum Gasteiger partial charge on any atom is -0.496 e. The van der Waals surface area contributed by atoms with Gasteiger partial charge in [-0.2, -0.15) is 0 Å². The number of unbranched alkanes of at least 4 members (excludes halogenated alkanes) is 9. The number of aliphatic hydroxyl groups excluding tert-OH is 1. The number of hydrogen-bond donors (Lipinski definition) is 3. The average Bonchev–Trinajstić information content (AvgIpc) is 3.04. The highest BCUT2D eigenvalue weighted by atomic mass is 35.5. The van der Waals surface area contributed by atoms with E-state index in [9.17, 15) is 9.59 Å². The molecule has 44 heavy (non-hydrogen) atoms. The maximum atomic E-state index is 12.1. The number of anilines is 1. The number of carbonyl (C=O) groups is 2. The number of aliphatic hydroxyl groups is 1. The summed E-state index contributed by atoms with van der Waals surface area (Å²) in [6.07, 6.45) is 16.0. The molecule has 1 aromatic carbocycles. The van der Waals surface area contributed by atoms with Crippen molar-refractivity contribution in [2.45, 2.75) is 91.9 Å². The van der Waals surface area contributed by atoms with Gasteiger partial charge in [0.25, 0.3) is 5.91 Å². The van der Waals surface area contributed by atoms with Gasteiger partial charge in [-0.15, -0.1) is 0 Å². The van der Waals surface area contributed by atoms with E-state index in [-0.39, 0.29) is 18.5 Å². The number of aromatic nitrogens is 1. The fraction of sp³-hybridized carbons (Fsp3) is 0.618. The van der Waals surface area contributed by atoms with Crippen LogP contribution < -0.4 is 15.8 Å². The standard InChI is InChI=1S/C18H29NO2.C14H22ClN3O2.C2H6O/c1-2-3-4-5-6-7-8-9-10-11-15-21-18(20)17-13-12-14-19-16-17;1-4-18(5-2)7-6-17-14(19)10-8-11(15)12(16)9-13(10)20-3;1-2-3/h12-14,16H,2-11,15H2,1H3;8-9H,4-7,16H2,1-3H3,(H,17,19);3H,2H2,1H3. The highest BCUT2D eigenvalue weighted by Gasteiger charge is 2.15. The minimum absolute atomic E-state index is 0.212. The Bertz CT molecular complexity index is 1010. The number of nitrogens with one attached hydrogen (secondary N) is 1. The quantitative estimate of drug-likeness (QED) is 0.0842. The van der Waals surface area contributed by atoms with Gasteiger partial charge in [0.1, 0.15) is 5.75 Å². The largest absolute Gasteiger partial charge is 0.496 e. The highest BCUT2D eigenvalue weighted by Crippen LogP contribution is 2.28. The number of nitrogens with two attached hydrogens (primary N) is 1. The van der Waals surface area contributed by atoms with Crippen LogP contribution in [0.3, 0.4) is 0 Å². The molecule has 10 heteroatoms. The molecule has 4 N–H and O–H groups in total. The van der Waals surface area contributed by atoms with Crippen LogP contribution in [0.5, 0.6) is 5.75 Å². The number of carbonyl (C=O) groups excluding carboxylic acids is 2. The van der Waals surface area contributed by atoms with Gasteiger partial charge in [0, 0.05) is 38.2 Å². The predicted molar refractivity (Wildman–Crippen MR) is 182 cm³/mol. The molecule has 250 valence electrons. The number of pyridine rings is 1. The molecule has 0 aliphatic rings. The third kappa shape index (κ3) is 19.4. The first-order chi connectivity index (χ1) is 21.3. The molecule has 2 rings (SSSR count). The second-order valence-electron chi connectivity index (χ2n) is 10.2. The predicted octanol–water partition coefficient (Wildman–Crippen LogP) is 7.16. The molecular formula is C34H57ClN4O5. The smallest absolute Gasteiger partial charge is 0.339 e. The molecule has 0 saturated heterocycles. The molecule has 1 aromatic heterocycles. The summed E-state index contributed by atoms with van der Waals surface area (Å²) in [7, 11) is 1.50. The van der Waals surface area contributed by atoms with Crippen LogP contribution in [-0.4, -0.2) is 73.4 Å². The monoisotopic (exact) mass is 636 g/mol. The third-order valence-corrected chi connectivity index (χ3v) is 7.13. The summed E-state index contributed by atoms with van der Waals surface area (Å²) in [5, 5.41) is 10.8. The summed E-state index contributed by atoms with van der Waals surface area (Å²) in [5.41, 5.74) is 7.01. The first-order valence-electron chi connectivity index (χ1n) is 16.1. The summed E-state index contributed by atoms with van der Waals surface area (Å²) >= 11 is 5.95. The number of methoxy groups -OCH3 is 1. The van der Waals surface area contributed by atoms with Gasteiger partial charge in [0.2, 0.25) is 0 Å². The van der Waals surface area contributed by atoms with Gasteiger partial charge in [-0.1, -0.05) is 90.2 Å². The molecule has 0 aliphatic carbocycles. The zero-order valence-corrected chi connectivity index (χ0v) is 28.5. The van der Waals surface area contributed by atoms with Crippen molar-refractivity contribution >= 4 is 29.2 Å². The van der Waals surface area contributed by atoms with Crippen molar-refractivity contribution in [3.63, 3.8) is 0 Å². The Morgan fingerprint density at radius 1 is 0.977 bits per heavy atom. The molecule has 0 unspecified atom stereocenters. The fourth-order valence-corrected chi connectivity index (χ4v) is 4.36. The van der Waals surface area contributed by atoms with Gasteiger partial charge in [-0.3, -0.25) is 9.78 Å².